The quantitative estimate of drug-likeness (QED) is 0.669. The molecule has 3 rings (SSSR count). The number of carbonyl (C=O) groups excluding carboxylic acids is 1. The van der Waals surface area contributed by atoms with Crippen LogP contribution in [0.25, 0.3) is 10.9 Å². The number of benzene rings is 2. The van der Waals surface area contributed by atoms with E-state index in [4.69, 9.17) is 4.74 Å². The molecule has 0 radical (unpaired) electrons. The Labute approximate surface area is 147 Å². The van der Waals surface area contributed by atoms with Crippen LogP contribution in [0.15, 0.2) is 60.8 Å². The van der Waals surface area contributed by atoms with Crippen LogP contribution < -0.4 is 15.4 Å². The van der Waals surface area contributed by atoms with Crippen molar-refractivity contribution in [3.8, 4) is 5.75 Å². The zero-order valence-corrected chi connectivity index (χ0v) is 14.2. The highest BCUT2D eigenvalue weighted by Crippen LogP contribution is 2.20. The molecule has 128 valence electrons. The summed E-state index contributed by atoms with van der Waals surface area (Å²) in [5, 5.41) is 6.61. The Bertz CT molecular complexity index is 859. The molecule has 1 heterocycles. The number of hydrogen-bond donors (Lipinski definition) is 2. The number of para-hydroxylation sites is 1. The first-order chi connectivity index (χ1) is 12.3. The van der Waals surface area contributed by atoms with Gasteiger partial charge in [-0.3, -0.25) is 4.98 Å². The van der Waals surface area contributed by atoms with E-state index >= 15 is 0 Å². The first-order valence-corrected chi connectivity index (χ1v) is 8.36. The number of pyridine rings is 1. The van der Waals surface area contributed by atoms with Crippen molar-refractivity contribution >= 4 is 22.6 Å². The first-order valence-electron chi connectivity index (χ1n) is 8.36. The second-order valence-electron chi connectivity index (χ2n) is 5.61. The molecule has 0 unspecified atom stereocenters. The number of rotatable bonds is 6. The van der Waals surface area contributed by atoms with Crippen LogP contribution >= 0.6 is 0 Å². The molecule has 0 atom stereocenters. The maximum absolute atomic E-state index is 12.1. The summed E-state index contributed by atoms with van der Waals surface area (Å²) in [6.07, 6.45) is 2.68. The largest absolute Gasteiger partial charge is 0.492 e. The smallest absolute Gasteiger partial charge is 0.319 e. The van der Waals surface area contributed by atoms with E-state index in [1.807, 2.05) is 48.5 Å². The molecule has 0 aliphatic heterocycles. The van der Waals surface area contributed by atoms with Gasteiger partial charge in [-0.1, -0.05) is 37.3 Å². The predicted molar refractivity (Wildman–Crippen MR) is 100 cm³/mol. The standard InChI is InChI=1S/C20H21N3O2/c1-2-15-6-3-9-17(14-15)25-13-12-22-20(24)23-18-10-4-7-16-8-5-11-21-19(16)18/h3-11,14H,2,12-13H2,1H3,(H2,22,23,24). The van der Waals surface area contributed by atoms with Gasteiger partial charge in [-0.15, -0.1) is 0 Å². The normalized spacial score (nSPS) is 10.4. The van der Waals surface area contributed by atoms with E-state index in [0.29, 0.717) is 18.8 Å². The number of nitrogens with one attached hydrogen (secondary N) is 2. The fourth-order valence-electron chi connectivity index (χ4n) is 2.56. The van der Waals surface area contributed by atoms with E-state index < -0.39 is 0 Å². The summed E-state index contributed by atoms with van der Waals surface area (Å²) in [5.41, 5.74) is 2.69. The number of urea groups is 1. The molecule has 5 nitrogen and oxygen atoms in total. The Balaban J connectivity index is 1.49. The van der Waals surface area contributed by atoms with Crippen LogP contribution in [0.1, 0.15) is 12.5 Å². The van der Waals surface area contributed by atoms with Gasteiger partial charge in [0, 0.05) is 11.6 Å². The number of hydrogen-bond acceptors (Lipinski definition) is 3. The van der Waals surface area contributed by atoms with Crippen molar-refractivity contribution in [3.63, 3.8) is 0 Å². The zero-order chi connectivity index (χ0) is 17.5. The molecule has 0 saturated carbocycles. The summed E-state index contributed by atoms with van der Waals surface area (Å²) in [4.78, 5) is 16.4. The van der Waals surface area contributed by atoms with Gasteiger partial charge >= 0.3 is 6.03 Å². The number of ether oxygens (including phenoxy) is 1. The first kappa shape index (κ1) is 16.8. The van der Waals surface area contributed by atoms with Crippen molar-refractivity contribution in [3.05, 3.63) is 66.4 Å². The van der Waals surface area contributed by atoms with Gasteiger partial charge in [0.1, 0.15) is 12.4 Å². The van der Waals surface area contributed by atoms with E-state index in [1.54, 1.807) is 6.20 Å². The Kier molecular flexibility index (Phi) is 5.46. The lowest BCUT2D eigenvalue weighted by molar-refractivity contribution is 0.247. The Morgan fingerprint density at radius 1 is 1.12 bits per heavy atom. The van der Waals surface area contributed by atoms with Gasteiger partial charge in [-0.25, -0.2) is 4.79 Å². The van der Waals surface area contributed by atoms with E-state index in [-0.39, 0.29) is 6.03 Å². The number of amides is 2. The van der Waals surface area contributed by atoms with Crippen LogP contribution in [0, 0.1) is 0 Å². The van der Waals surface area contributed by atoms with Gasteiger partial charge in [0.15, 0.2) is 0 Å². The molecule has 0 saturated heterocycles. The van der Waals surface area contributed by atoms with Gasteiger partial charge in [-0.05, 0) is 36.2 Å². The maximum Gasteiger partial charge on any atom is 0.319 e. The molecule has 0 aliphatic rings. The fraction of sp³-hybridized carbons (Fsp3) is 0.200. The van der Waals surface area contributed by atoms with Crippen molar-refractivity contribution in [1.29, 1.82) is 0 Å². The molecule has 2 aromatic carbocycles. The average Bonchev–Trinajstić information content (AvgIpc) is 2.66. The molecule has 1 aromatic heterocycles. The minimum Gasteiger partial charge on any atom is -0.492 e. The minimum atomic E-state index is -0.274. The van der Waals surface area contributed by atoms with Crippen LogP contribution in [0.3, 0.4) is 0 Å². The summed E-state index contributed by atoms with van der Waals surface area (Å²) in [6.45, 7) is 2.93. The second-order valence-corrected chi connectivity index (χ2v) is 5.61. The fourth-order valence-corrected chi connectivity index (χ4v) is 2.56. The molecular weight excluding hydrogens is 314 g/mol. The van der Waals surface area contributed by atoms with Crippen molar-refractivity contribution in [2.24, 2.45) is 0 Å². The summed E-state index contributed by atoms with van der Waals surface area (Å²) >= 11 is 0. The zero-order valence-electron chi connectivity index (χ0n) is 14.2. The number of aryl methyl sites for hydroxylation is 1. The topological polar surface area (TPSA) is 63.2 Å². The van der Waals surface area contributed by atoms with Crippen molar-refractivity contribution < 1.29 is 9.53 Å². The van der Waals surface area contributed by atoms with E-state index in [1.165, 1.54) is 5.56 Å². The number of nitrogens with zero attached hydrogens (tertiary/aromatic N) is 1. The van der Waals surface area contributed by atoms with Gasteiger partial charge in [0.25, 0.3) is 0 Å². The summed E-state index contributed by atoms with van der Waals surface area (Å²) in [5.74, 6) is 0.819. The third kappa shape index (κ3) is 4.47. The molecule has 3 aromatic rings. The third-order valence-electron chi connectivity index (χ3n) is 3.84. The van der Waals surface area contributed by atoms with Crippen LogP contribution in [0.5, 0.6) is 5.75 Å². The highest BCUT2D eigenvalue weighted by atomic mass is 16.5. The molecule has 0 fully saturated rings. The molecular formula is C20H21N3O2. The van der Waals surface area contributed by atoms with E-state index in [2.05, 4.69) is 28.6 Å². The van der Waals surface area contributed by atoms with E-state index in [9.17, 15) is 4.79 Å². The predicted octanol–water partition coefficient (Wildman–Crippen LogP) is 4.00. The SMILES string of the molecule is CCc1cccc(OCCNC(=O)Nc2cccc3cccnc23)c1. The van der Waals surface area contributed by atoms with Crippen LogP contribution in [-0.2, 0) is 6.42 Å². The van der Waals surface area contributed by atoms with Gasteiger partial charge in [-0.2, -0.15) is 0 Å². The van der Waals surface area contributed by atoms with Crippen molar-refractivity contribution in [1.82, 2.24) is 10.3 Å². The summed E-state index contributed by atoms with van der Waals surface area (Å²) in [6, 6.07) is 17.2. The summed E-state index contributed by atoms with van der Waals surface area (Å²) in [7, 11) is 0. The lowest BCUT2D eigenvalue weighted by atomic mass is 10.2. The Hall–Kier alpha value is -3.08. The van der Waals surface area contributed by atoms with Crippen molar-refractivity contribution in [2.75, 3.05) is 18.5 Å². The monoisotopic (exact) mass is 335 g/mol. The van der Waals surface area contributed by atoms with E-state index in [0.717, 1.165) is 23.1 Å². The third-order valence-corrected chi connectivity index (χ3v) is 3.84. The van der Waals surface area contributed by atoms with Gasteiger partial charge in [0.2, 0.25) is 0 Å². The minimum absolute atomic E-state index is 0.274. The molecule has 0 spiro atoms. The van der Waals surface area contributed by atoms with Crippen LogP contribution in [-0.4, -0.2) is 24.2 Å². The number of anilines is 1. The highest BCUT2D eigenvalue weighted by molar-refractivity contribution is 5.99. The lowest BCUT2D eigenvalue weighted by Crippen LogP contribution is -2.32. The van der Waals surface area contributed by atoms with Gasteiger partial charge < -0.3 is 15.4 Å². The van der Waals surface area contributed by atoms with Crippen LogP contribution in [0.4, 0.5) is 10.5 Å². The van der Waals surface area contributed by atoms with Crippen LogP contribution in [0.2, 0.25) is 0 Å². The molecule has 2 N–H and O–H groups in total. The summed E-state index contributed by atoms with van der Waals surface area (Å²) < 4.78 is 5.66. The van der Waals surface area contributed by atoms with Gasteiger partial charge in [0.05, 0.1) is 17.7 Å². The molecule has 5 heteroatoms. The number of aromatic nitrogens is 1. The maximum atomic E-state index is 12.1. The highest BCUT2D eigenvalue weighted by Gasteiger charge is 2.06. The number of carbonyl (C=O) groups is 1. The molecule has 0 aliphatic carbocycles. The second kappa shape index (κ2) is 8.15. The molecule has 25 heavy (non-hydrogen) atoms. The number of fused-ring (bicyclic) bond motifs is 1. The molecule has 2 amide bonds. The lowest BCUT2D eigenvalue weighted by Gasteiger charge is -2.11. The Morgan fingerprint density at radius 3 is 2.84 bits per heavy atom. The van der Waals surface area contributed by atoms with Crippen molar-refractivity contribution in [2.45, 2.75) is 13.3 Å². The Morgan fingerprint density at radius 2 is 1.96 bits per heavy atom. The average molecular weight is 335 g/mol. The molecule has 0 bridgehead atoms.